The number of aryl methyl sites for hydroxylation is 2. The fourth-order valence-electron chi connectivity index (χ4n) is 4.48. The zero-order valence-electron chi connectivity index (χ0n) is 17.8. The first kappa shape index (κ1) is 20.4. The van der Waals surface area contributed by atoms with Crippen LogP contribution in [0.25, 0.3) is 11.3 Å². The number of benzene rings is 3. The molecule has 0 saturated heterocycles. The Morgan fingerprint density at radius 1 is 1.06 bits per heavy atom. The highest BCUT2D eigenvalue weighted by Gasteiger charge is 2.25. The molecule has 6 heteroatoms. The molecule has 5 nitrogen and oxygen atoms in total. The summed E-state index contributed by atoms with van der Waals surface area (Å²) in [5.74, 6) is 0. The van der Waals surface area contributed by atoms with E-state index in [0.717, 1.165) is 46.6 Å². The Kier molecular flexibility index (Phi) is 5.45. The van der Waals surface area contributed by atoms with Crippen molar-refractivity contribution >= 4 is 22.7 Å². The predicted octanol–water partition coefficient (Wildman–Crippen LogP) is 6.59. The Morgan fingerprint density at radius 2 is 1.88 bits per heavy atom. The minimum absolute atomic E-state index is 0.0988. The van der Waals surface area contributed by atoms with Crippen molar-refractivity contribution < 1.29 is 4.92 Å². The molecule has 0 radical (unpaired) electrons. The van der Waals surface area contributed by atoms with Crippen LogP contribution in [0.3, 0.4) is 0 Å². The van der Waals surface area contributed by atoms with Gasteiger partial charge in [-0.25, -0.2) is 4.99 Å². The number of rotatable bonds is 4. The Balaban J connectivity index is 1.75. The molecule has 0 amide bonds. The molecule has 0 bridgehead atoms. The molecule has 1 aromatic heterocycles. The molecule has 3 aromatic carbocycles. The number of para-hydroxylation sites is 1. The molecule has 1 atom stereocenters. The second-order valence-corrected chi connectivity index (χ2v) is 8.92. The van der Waals surface area contributed by atoms with Crippen molar-refractivity contribution in [2.24, 2.45) is 4.99 Å². The van der Waals surface area contributed by atoms with Crippen molar-refractivity contribution in [3.05, 3.63) is 110 Å². The number of hydrogen-bond acceptors (Lipinski definition) is 4. The first-order chi connectivity index (χ1) is 15.6. The Labute approximate surface area is 190 Å². The summed E-state index contributed by atoms with van der Waals surface area (Å²) in [5, 5.41) is 13.5. The minimum atomic E-state index is -0.339. The largest absolute Gasteiger partial charge is 0.309 e. The zero-order valence-corrected chi connectivity index (χ0v) is 18.6. The molecule has 0 N–H and O–H groups in total. The van der Waals surface area contributed by atoms with Gasteiger partial charge in [-0.05, 0) is 48.9 Å². The van der Waals surface area contributed by atoms with E-state index < -0.39 is 0 Å². The first-order valence-corrected chi connectivity index (χ1v) is 11.6. The summed E-state index contributed by atoms with van der Waals surface area (Å²) in [4.78, 5) is 17.0. The van der Waals surface area contributed by atoms with E-state index in [1.807, 2.05) is 24.3 Å². The average Bonchev–Trinajstić information content (AvgIpc) is 3.23. The van der Waals surface area contributed by atoms with E-state index in [-0.39, 0.29) is 16.7 Å². The highest BCUT2D eigenvalue weighted by atomic mass is 32.1. The summed E-state index contributed by atoms with van der Waals surface area (Å²) in [5.41, 5.74) is 6.65. The van der Waals surface area contributed by atoms with Crippen molar-refractivity contribution in [1.29, 1.82) is 0 Å². The normalized spacial score (nSPS) is 16.0. The number of thiazole rings is 1. The quantitative estimate of drug-likeness (QED) is 0.265. The molecule has 0 aliphatic heterocycles. The van der Waals surface area contributed by atoms with Crippen LogP contribution in [0.2, 0.25) is 0 Å². The molecule has 1 aliphatic carbocycles. The van der Waals surface area contributed by atoms with E-state index >= 15 is 0 Å². The summed E-state index contributed by atoms with van der Waals surface area (Å²) >= 11 is 1.58. The lowest BCUT2D eigenvalue weighted by Crippen LogP contribution is -2.26. The molecule has 1 heterocycles. The fraction of sp³-hybridized carbons (Fsp3) is 0.192. The summed E-state index contributed by atoms with van der Waals surface area (Å²) in [6.07, 6.45) is 3.19. The summed E-state index contributed by atoms with van der Waals surface area (Å²) in [7, 11) is 0. The average molecular weight is 442 g/mol. The monoisotopic (exact) mass is 441 g/mol. The third kappa shape index (κ3) is 3.78. The van der Waals surface area contributed by atoms with Gasteiger partial charge in [-0.1, -0.05) is 54.6 Å². The van der Waals surface area contributed by atoms with E-state index in [1.165, 1.54) is 17.2 Å². The van der Waals surface area contributed by atoms with Crippen LogP contribution < -0.4 is 4.80 Å². The highest BCUT2D eigenvalue weighted by Crippen LogP contribution is 2.36. The second kappa shape index (κ2) is 8.55. The van der Waals surface area contributed by atoms with Gasteiger partial charge in [-0.2, -0.15) is 0 Å². The van der Waals surface area contributed by atoms with E-state index in [4.69, 9.17) is 4.99 Å². The van der Waals surface area contributed by atoms with Crippen molar-refractivity contribution in [2.75, 3.05) is 0 Å². The summed E-state index contributed by atoms with van der Waals surface area (Å²) < 4.78 is 2.29. The second-order valence-electron chi connectivity index (χ2n) is 8.09. The SMILES string of the molecule is Cc1ccccc1N=c1scc(-c2cccc([N+](=O)[O-])c2)n1C1CCCc2ccccc21. The van der Waals surface area contributed by atoms with Gasteiger partial charge in [0.15, 0.2) is 4.80 Å². The lowest BCUT2D eigenvalue weighted by molar-refractivity contribution is -0.384. The van der Waals surface area contributed by atoms with Crippen LogP contribution in [-0.2, 0) is 6.42 Å². The molecular formula is C26H23N3O2S. The van der Waals surface area contributed by atoms with Gasteiger partial charge in [0.05, 0.1) is 22.3 Å². The standard InChI is InChI=1S/C26H23N3O2S/c1-18-8-2-5-14-23(18)27-26-28(24-15-7-10-19-9-3-4-13-22(19)24)25(17-32-26)20-11-6-12-21(16-20)29(30)31/h2-6,8-9,11-14,16-17,24H,7,10,15H2,1H3. The van der Waals surface area contributed by atoms with Crippen LogP contribution in [0.1, 0.15) is 35.6 Å². The molecule has 1 aliphatic rings. The minimum Gasteiger partial charge on any atom is -0.309 e. The highest BCUT2D eigenvalue weighted by molar-refractivity contribution is 7.07. The van der Waals surface area contributed by atoms with Gasteiger partial charge in [-0.15, -0.1) is 11.3 Å². The molecule has 1 unspecified atom stereocenters. The number of fused-ring (bicyclic) bond motifs is 1. The molecular weight excluding hydrogens is 418 g/mol. The zero-order chi connectivity index (χ0) is 22.1. The molecule has 160 valence electrons. The van der Waals surface area contributed by atoms with Crippen LogP contribution in [-0.4, -0.2) is 9.49 Å². The molecule has 4 aromatic rings. The molecule has 0 spiro atoms. The lowest BCUT2D eigenvalue weighted by Gasteiger charge is -2.28. The van der Waals surface area contributed by atoms with Crippen molar-refractivity contribution in [3.63, 3.8) is 0 Å². The summed E-state index contributed by atoms with van der Waals surface area (Å²) in [6, 6.07) is 23.7. The van der Waals surface area contributed by atoms with Gasteiger partial charge in [0.2, 0.25) is 0 Å². The van der Waals surface area contributed by atoms with Crippen LogP contribution >= 0.6 is 11.3 Å². The maximum absolute atomic E-state index is 11.4. The fourth-order valence-corrected chi connectivity index (χ4v) is 5.44. The number of nitro groups is 1. The number of nitro benzene ring substituents is 1. The number of aromatic nitrogens is 1. The maximum atomic E-state index is 11.4. The Bertz CT molecular complexity index is 1370. The first-order valence-electron chi connectivity index (χ1n) is 10.7. The predicted molar refractivity (Wildman–Crippen MR) is 128 cm³/mol. The Morgan fingerprint density at radius 3 is 2.72 bits per heavy atom. The van der Waals surface area contributed by atoms with Gasteiger partial charge in [0.25, 0.3) is 5.69 Å². The molecule has 0 saturated carbocycles. The van der Waals surface area contributed by atoms with Gasteiger partial charge in [-0.3, -0.25) is 10.1 Å². The van der Waals surface area contributed by atoms with Gasteiger partial charge < -0.3 is 4.57 Å². The Hall–Kier alpha value is -3.51. The van der Waals surface area contributed by atoms with Crippen molar-refractivity contribution in [3.8, 4) is 11.3 Å². The smallest absolute Gasteiger partial charge is 0.270 e. The van der Waals surface area contributed by atoms with Crippen molar-refractivity contribution in [1.82, 2.24) is 4.57 Å². The van der Waals surface area contributed by atoms with E-state index in [0.29, 0.717) is 0 Å². The van der Waals surface area contributed by atoms with Gasteiger partial charge in [0, 0.05) is 23.1 Å². The van der Waals surface area contributed by atoms with E-state index in [2.05, 4.69) is 47.2 Å². The molecule has 0 fully saturated rings. The van der Waals surface area contributed by atoms with Crippen molar-refractivity contribution in [2.45, 2.75) is 32.2 Å². The topological polar surface area (TPSA) is 60.4 Å². The molecule has 5 rings (SSSR count). The third-order valence-corrected chi connectivity index (χ3v) is 6.92. The van der Waals surface area contributed by atoms with Gasteiger partial charge in [0.1, 0.15) is 0 Å². The van der Waals surface area contributed by atoms with Gasteiger partial charge >= 0.3 is 0 Å². The van der Waals surface area contributed by atoms with E-state index in [1.54, 1.807) is 23.5 Å². The van der Waals surface area contributed by atoms with Crippen LogP contribution in [0.15, 0.2) is 83.2 Å². The summed E-state index contributed by atoms with van der Waals surface area (Å²) in [6.45, 7) is 2.06. The van der Waals surface area contributed by atoms with E-state index in [9.17, 15) is 10.1 Å². The lowest BCUT2D eigenvalue weighted by atomic mass is 9.87. The number of hydrogen-bond donors (Lipinski definition) is 0. The number of nitrogens with zero attached hydrogens (tertiary/aromatic N) is 3. The van der Waals surface area contributed by atoms with Crippen LogP contribution in [0, 0.1) is 17.0 Å². The third-order valence-electron chi connectivity index (χ3n) is 6.08. The van der Waals surface area contributed by atoms with Crippen LogP contribution in [0.5, 0.6) is 0 Å². The van der Waals surface area contributed by atoms with Crippen LogP contribution in [0.4, 0.5) is 11.4 Å². The maximum Gasteiger partial charge on any atom is 0.270 e. The molecule has 32 heavy (non-hydrogen) atoms. The number of non-ortho nitro benzene ring substituents is 1.